The molecule has 1 aliphatic rings. The summed E-state index contributed by atoms with van der Waals surface area (Å²) in [6.07, 6.45) is 0. The second-order valence-corrected chi connectivity index (χ2v) is 7.39. The Kier molecular flexibility index (Phi) is 3.41. The fourth-order valence-corrected chi connectivity index (χ4v) is 2.51. The normalized spacial score (nSPS) is 21.1. The Bertz CT molecular complexity index is 625. The third kappa shape index (κ3) is 2.56. The van der Waals surface area contributed by atoms with Crippen LogP contribution in [0.25, 0.3) is 0 Å². The van der Waals surface area contributed by atoms with Crippen molar-refractivity contribution in [3.05, 3.63) is 18.2 Å². The van der Waals surface area contributed by atoms with Crippen LogP contribution in [0.15, 0.2) is 23.1 Å². The van der Waals surface area contributed by atoms with Gasteiger partial charge in [-0.25, -0.2) is 13.6 Å². The van der Waals surface area contributed by atoms with Gasteiger partial charge in [0.2, 0.25) is 10.0 Å². The van der Waals surface area contributed by atoms with E-state index in [9.17, 15) is 13.5 Å². The van der Waals surface area contributed by atoms with E-state index in [1.54, 1.807) is 0 Å². The van der Waals surface area contributed by atoms with E-state index in [0.717, 1.165) is 0 Å². The van der Waals surface area contributed by atoms with Crippen LogP contribution in [-0.4, -0.2) is 31.8 Å². The van der Waals surface area contributed by atoms with Crippen LogP contribution in [0.3, 0.4) is 0 Å². The minimum absolute atomic E-state index is 0.322. The van der Waals surface area contributed by atoms with E-state index >= 15 is 0 Å². The lowest BCUT2D eigenvalue weighted by atomic mass is 9.79. The zero-order valence-electron chi connectivity index (χ0n) is 11.9. The summed E-state index contributed by atoms with van der Waals surface area (Å²) in [5.41, 5.74) is -0.480. The van der Waals surface area contributed by atoms with Gasteiger partial charge in [0.25, 0.3) is 0 Å². The molecule has 1 aromatic carbocycles. The maximum Gasteiger partial charge on any atom is 0.494 e. The quantitative estimate of drug-likeness (QED) is 0.767. The Morgan fingerprint density at radius 1 is 1.15 bits per heavy atom. The third-order valence-corrected chi connectivity index (χ3v) is 4.77. The summed E-state index contributed by atoms with van der Waals surface area (Å²) in [5.74, 6) is -0.417. The van der Waals surface area contributed by atoms with Crippen molar-refractivity contribution in [2.75, 3.05) is 0 Å². The predicted octanol–water partition coefficient (Wildman–Crippen LogP) is 0.339. The number of benzene rings is 1. The number of sulfonamides is 1. The molecule has 1 fully saturated rings. The minimum Gasteiger partial charge on any atom is -0.507 e. The third-order valence-electron chi connectivity index (χ3n) is 3.81. The molecule has 1 saturated heterocycles. The van der Waals surface area contributed by atoms with Crippen LogP contribution in [0.1, 0.15) is 27.7 Å². The summed E-state index contributed by atoms with van der Waals surface area (Å²) >= 11 is 0. The van der Waals surface area contributed by atoms with Crippen LogP contribution in [0.5, 0.6) is 5.75 Å². The van der Waals surface area contributed by atoms with Crippen LogP contribution in [0.2, 0.25) is 0 Å². The molecule has 20 heavy (non-hydrogen) atoms. The van der Waals surface area contributed by atoms with Gasteiger partial charge in [-0.15, -0.1) is 0 Å². The molecule has 0 bridgehead atoms. The Morgan fingerprint density at radius 3 is 2.05 bits per heavy atom. The monoisotopic (exact) mass is 299 g/mol. The molecule has 6 nitrogen and oxygen atoms in total. The molecule has 2 rings (SSSR count). The van der Waals surface area contributed by atoms with Crippen LogP contribution in [-0.2, 0) is 19.3 Å². The average Bonchev–Trinajstić information content (AvgIpc) is 2.46. The van der Waals surface area contributed by atoms with Crippen molar-refractivity contribution < 1.29 is 22.8 Å². The highest BCUT2D eigenvalue weighted by molar-refractivity contribution is 7.89. The summed E-state index contributed by atoms with van der Waals surface area (Å²) < 4.78 is 34.1. The number of rotatable bonds is 2. The lowest BCUT2D eigenvalue weighted by Gasteiger charge is -2.32. The van der Waals surface area contributed by atoms with E-state index in [1.807, 2.05) is 27.7 Å². The molecule has 0 saturated carbocycles. The Balaban J connectivity index is 2.36. The molecule has 0 radical (unpaired) electrons. The minimum atomic E-state index is -3.95. The molecular formula is C12H18BNO5S. The number of phenolic OH excluding ortho intramolecular Hbond substituents is 1. The first-order valence-corrected chi connectivity index (χ1v) is 7.70. The maximum absolute atomic E-state index is 11.2. The predicted molar refractivity (Wildman–Crippen MR) is 75.2 cm³/mol. The van der Waals surface area contributed by atoms with Gasteiger partial charge >= 0.3 is 7.12 Å². The van der Waals surface area contributed by atoms with Gasteiger partial charge in [-0.2, -0.15) is 0 Å². The van der Waals surface area contributed by atoms with Crippen LogP contribution in [0.4, 0.5) is 0 Å². The number of aromatic hydroxyl groups is 1. The van der Waals surface area contributed by atoms with E-state index in [4.69, 9.17) is 14.4 Å². The second-order valence-electron chi connectivity index (χ2n) is 5.86. The zero-order chi connectivity index (χ0) is 15.3. The molecule has 0 amide bonds. The molecule has 0 aromatic heterocycles. The molecular weight excluding hydrogens is 281 g/mol. The van der Waals surface area contributed by atoms with E-state index in [-0.39, 0.29) is 4.90 Å². The van der Waals surface area contributed by atoms with Gasteiger partial charge in [0.05, 0.1) is 11.2 Å². The molecule has 8 heteroatoms. The highest BCUT2D eigenvalue weighted by Crippen LogP contribution is 2.36. The van der Waals surface area contributed by atoms with Gasteiger partial charge in [-0.05, 0) is 45.3 Å². The number of nitrogens with two attached hydrogens (primary N) is 1. The highest BCUT2D eigenvalue weighted by atomic mass is 32.2. The Labute approximate surface area is 119 Å². The number of hydrogen-bond donors (Lipinski definition) is 2. The lowest BCUT2D eigenvalue weighted by molar-refractivity contribution is 0.00578. The SMILES string of the molecule is CC1(C)OB(c2ccc(S(N)(=O)=O)c(O)c2)OC1(C)C. The molecule has 110 valence electrons. The topological polar surface area (TPSA) is 98.9 Å². The van der Waals surface area contributed by atoms with Crippen molar-refractivity contribution in [2.24, 2.45) is 5.14 Å². The molecule has 0 unspecified atom stereocenters. The van der Waals surface area contributed by atoms with Gasteiger partial charge in [-0.1, -0.05) is 6.07 Å². The standard InChI is InChI=1S/C12H18BNO5S/c1-11(2)12(3,4)19-13(18-11)8-5-6-10(9(15)7-8)20(14,16)17/h5-7,15H,1-4H3,(H2,14,16,17). The molecule has 1 heterocycles. The van der Waals surface area contributed by atoms with Gasteiger partial charge in [0, 0.05) is 0 Å². The lowest BCUT2D eigenvalue weighted by Crippen LogP contribution is -2.41. The Hall–Kier alpha value is -1.09. The maximum atomic E-state index is 11.2. The van der Waals surface area contributed by atoms with Crippen LogP contribution < -0.4 is 10.6 Å². The van der Waals surface area contributed by atoms with E-state index in [1.165, 1.54) is 18.2 Å². The van der Waals surface area contributed by atoms with Gasteiger partial charge in [0.1, 0.15) is 10.6 Å². The second kappa shape index (κ2) is 4.46. The first-order valence-electron chi connectivity index (χ1n) is 6.15. The van der Waals surface area contributed by atoms with Crippen LogP contribution >= 0.6 is 0 Å². The number of hydrogen-bond acceptors (Lipinski definition) is 5. The Morgan fingerprint density at radius 2 is 1.65 bits per heavy atom. The van der Waals surface area contributed by atoms with Gasteiger partial charge < -0.3 is 14.4 Å². The molecule has 0 spiro atoms. The van der Waals surface area contributed by atoms with Gasteiger partial charge in [-0.3, -0.25) is 0 Å². The fraction of sp³-hybridized carbons (Fsp3) is 0.500. The zero-order valence-corrected chi connectivity index (χ0v) is 12.7. The number of phenols is 1. The smallest absolute Gasteiger partial charge is 0.494 e. The summed E-state index contributed by atoms with van der Waals surface area (Å²) in [6, 6.07) is 4.05. The largest absolute Gasteiger partial charge is 0.507 e. The fourth-order valence-electron chi connectivity index (χ4n) is 1.90. The summed E-state index contributed by atoms with van der Waals surface area (Å²) in [4.78, 5) is -0.322. The molecule has 3 N–H and O–H groups in total. The van der Waals surface area contributed by atoms with Crippen molar-refractivity contribution in [1.29, 1.82) is 0 Å². The molecule has 1 aromatic rings. The molecule has 0 atom stereocenters. The summed E-state index contributed by atoms with van der Waals surface area (Å²) in [6.45, 7) is 7.63. The van der Waals surface area contributed by atoms with Gasteiger partial charge in [0.15, 0.2) is 0 Å². The summed E-state index contributed by atoms with van der Waals surface area (Å²) in [5, 5.41) is 14.8. The first kappa shape index (κ1) is 15.3. The van der Waals surface area contributed by atoms with Crippen molar-refractivity contribution in [3.8, 4) is 5.75 Å². The van der Waals surface area contributed by atoms with E-state index in [0.29, 0.717) is 5.46 Å². The highest BCUT2D eigenvalue weighted by Gasteiger charge is 2.51. The van der Waals surface area contributed by atoms with Crippen LogP contribution in [0, 0.1) is 0 Å². The average molecular weight is 299 g/mol. The van der Waals surface area contributed by atoms with Crippen molar-refractivity contribution in [2.45, 2.75) is 43.8 Å². The summed E-state index contributed by atoms with van der Waals surface area (Å²) in [7, 11) is -4.62. The van der Waals surface area contributed by atoms with Crippen molar-refractivity contribution in [3.63, 3.8) is 0 Å². The van der Waals surface area contributed by atoms with Crippen molar-refractivity contribution in [1.82, 2.24) is 0 Å². The van der Waals surface area contributed by atoms with E-state index in [2.05, 4.69) is 0 Å². The molecule has 0 aliphatic carbocycles. The van der Waals surface area contributed by atoms with E-state index < -0.39 is 34.1 Å². The number of primary sulfonamides is 1. The van der Waals surface area contributed by atoms with Crippen molar-refractivity contribution >= 4 is 22.6 Å². The first-order chi connectivity index (χ1) is 8.94. The molecule has 1 aliphatic heterocycles.